The summed E-state index contributed by atoms with van der Waals surface area (Å²) in [6.07, 6.45) is 3.45. The predicted octanol–water partition coefficient (Wildman–Crippen LogP) is -0.759. The number of nitrogens with zero attached hydrogens (tertiary/aromatic N) is 1. The largest absolute Gasteiger partial charge is 0.344 e. The lowest BCUT2D eigenvalue weighted by Crippen LogP contribution is -2.38. The molecule has 15 heavy (non-hydrogen) atoms. The van der Waals surface area contributed by atoms with Gasteiger partial charge in [-0.25, -0.2) is 8.42 Å². The second kappa shape index (κ2) is 4.94. The molecule has 1 aliphatic carbocycles. The van der Waals surface area contributed by atoms with E-state index in [4.69, 9.17) is 0 Å². The highest BCUT2D eigenvalue weighted by Crippen LogP contribution is 2.17. The van der Waals surface area contributed by atoms with Crippen molar-refractivity contribution >= 4 is 15.7 Å². The maximum absolute atomic E-state index is 11.5. The standard InChI is InChI=1S/C9H18N2O3S/c1-11(5-6-15(2,13)14)9(12)7-10-8-3-4-8/h8,10H,3-7H2,1-2H3. The number of amides is 1. The quantitative estimate of drug-likeness (QED) is 0.656. The number of carbonyl (C=O) groups excluding carboxylic acids is 1. The highest BCUT2D eigenvalue weighted by Gasteiger charge is 2.22. The smallest absolute Gasteiger partial charge is 0.236 e. The normalized spacial score (nSPS) is 16.4. The average molecular weight is 234 g/mol. The Hall–Kier alpha value is -0.620. The molecule has 1 saturated carbocycles. The van der Waals surface area contributed by atoms with E-state index in [-0.39, 0.29) is 18.2 Å². The number of hydrogen-bond acceptors (Lipinski definition) is 4. The van der Waals surface area contributed by atoms with Crippen LogP contribution in [0.5, 0.6) is 0 Å². The van der Waals surface area contributed by atoms with Gasteiger partial charge in [0.1, 0.15) is 9.84 Å². The lowest BCUT2D eigenvalue weighted by Gasteiger charge is -2.16. The lowest BCUT2D eigenvalue weighted by molar-refractivity contribution is -0.128. The zero-order valence-electron chi connectivity index (χ0n) is 9.19. The first-order valence-corrected chi connectivity index (χ1v) is 7.09. The Morgan fingerprint density at radius 1 is 1.47 bits per heavy atom. The van der Waals surface area contributed by atoms with Gasteiger partial charge in [-0.15, -0.1) is 0 Å². The fourth-order valence-corrected chi connectivity index (χ4v) is 1.69. The van der Waals surface area contributed by atoms with E-state index >= 15 is 0 Å². The SMILES string of the molecule is CN(CCS(C)(=O)=O)C(=O)CNC1CC1. The second-order valence-corrected chi connectivity index (χ2v) is 6.36. The maximum atomic E-state index is 11.5. The van der Waals surface area contributed by atoms with Gasteiger partial charge in [0, 0.05) is 25.9 Å². The third kappa shape index (κ3) is 5.74. The zero-order valence-corrected chi connectivity index (χ0v) is 10.0. The molecular formula is C9H18N2O3S. The average Bonchev–Trinajstić information content (AvgIpc) is 2.92. The summed E-state index contributed by atoms with van der Waals surface area (Å²) in [7, 11) is -1.36. The fraction of sp³-hybridized carbons (Fsp3) is 0.889. The Balaban J connectivity index is 2.19. The molecule has 0 bridgehead atoms. The number of rotatable bonds is 6. The Morgan fingerprint density at radius 3 is 2.53 bits per heavy atom. The second-order valence-electron chi connectivity index (χ2n) is 4.10. The van der Waals surface area contributed by atoms with Crippen LogP contribution in [0.4, 0.5) is 0 Å². The molecule has 1 amide bonds. The van der Waals surface area contributed by atoms with Crippen LogP contribution in [0.1, 0.15) is 12.8 Å². The van der Waals surface area contributed by atoms with Gasteiger partial charge < -0.3 is 10.2 Å². The molecule has 5 nitrogen and oxygen atoms in total. The molecule has 0 heterocycles. The molecule has 0 aromatic carbocycles. The van der Waals surface area contributed by atoms with E-state index in [1.807, 2.05) is 0 Å². The Bertz CT molecular complexity index is 322. The molecule has 88 valence electrons. The van der Waals surface area contributed by atoms with E-state index in [2.05, 4.69) is 5.32 Å². The third-order valence-corrected chi connectivity index (χ3v) is 3.27. The van der Waals surface area contributed by atoms with Crippen LogP contribution in [-0.2, 0) is 14.6 Å². The van der Waals surface area contributed by atoms with Crippen LogP contribution >= 0.6 is 0 Å². The lowest BCUT2D eigenvalue weighted by atomic mass is 10.5. The Morgan fingerprint density at radius 2 is 2.07 bits per heavy atom. The van der Waals surface area contributed by atoms with Crippen molar-refractivity contribution in [3.05, 3.63) is 0 Å². The van der Waals surface area contributed by atoms with Crippen LogP contribution in [-0.4, -0.2) is 57.4 Å². The minimum atomic E-state index is -2.99. The first-order valence-electron chi connectivity index (χ1n) is 5.03. The number of nitrogens with one attached hydrogen (secondary N) is 1. The van der Waals surface area contributed by atoms with Crippen molar-refractivity contribution in [2.24, 2.45) is 0 Å². The molecule has 1 aliphatic rings. The van der Waals surface area contributed by atoms with Crippen LogP contribution in [0, 0.1) is 0 Å². The first kappa shape index (κ1) is 12.4. The van der Waals surface area contributed by atoms with E-state index in [9.17, 15) is 13.2 Å². The summed E-state index contributed by atoms with van der Waals surface area (Å²) >= 11 is 0. The first-order chi connectivity index (χ1) is 6.88. The highest BCUT2D eigenvalue weighted by atomic mass is 32.2. The summed E-state index contributed by atoms with van der Waals surface area (Å²) in [4.78, 5) is 12.9. The van der Waals surface area contributed by atoms with Crippen LogP contribution < -0.4 is 5.32 Å². The van der Waals surface area contributed by atoms with Gasteiger partial charge in [-0.3, -0.25) is 4.79 Å². The van der Waals surface area contributed by atoms with E-state index in [0.717, 1.165) is 12.8 Å². The van der Waals surface area contributed by atoms with Gasteiger partial charge in [0.15, 0.2) is 0 Å². The van der Waals surface area contributed by atoms with Crippen LogP contribution in [0.2, 0.25) is 0 Å². The molecule has 0 atom stereocenters. The van der Waals surface area contributed by atoms with Gasteiger partial charge in [-0.2, -0.15) is 0 Å². The van der Waals surface area contributed by atoms with Crippen molar-refractivity contribution in [2.75, 3.05) is 32.1 Å². The summed E-state index contributed by atoms with van der Waals surface area (Å²) < 4.78 is 21.8. The molecule has 0 spiro atoms. The summed E-state index contributed by atoms with van der Waals surface area (Å²) in [5.74, 6) is -0.0240. The van der Waals surface area contributed by atoms with Crippen molar-refractivity contribution in [1.29, 1.82) is 0 Å². The van der Waals surface area contributed by atoms with Crippen molar-refractivity contribution in [1.82, 2.24) is 10.2 Å². The van der Waals surface area contributed by atoms with Crippen molar-refractivity contribution in [2.45, 2.75) is 18.9 Å². The van der Waals surface area contributed by atoms with Crippen LogP contribution in [0.25, 0.3) is 0 Å². The van der Waals surface area contributed by atoms with E-state index in [1.54, 1.807) is 7.05 Å². The minimum Gasteiger partial charge on any atom is -0.344 e. The number of carbonyl (C=O) groups is 1. The molecular weight excluding hydrogens is 216 g/mol. The van der Waals surface area contributed by atoms with Gasteiger partial charge in [0.25, 0.3) is 0 Å². The topological polar surface area (TPSA) is 66.5 Å². The number of sulfone groups is 1. The monoisotopic (exact) mass is 234 g/mol. The molecule has 1 fully saturated rings. The number of hydrogen-bond donors (Lipinski definition) is 1. The van der Waals surface area contributed by atoms with Gasteiger partial charge in [0.05, 0.1) is 12.3 Å². The molecule has 0 saturated heterocycles. The fourth-order valence-electron chi connectivity index (χ4n) is 1.08. The zero-order chi connectivity index (χ0) is 11.5. The van der Waals surface area contributed by atoms with Crippen LogP contribution in [0.3, 0.4) is 0 Å². The Kier molecular flexibility index (Phi) is 4.10. The van der Waals surface area contributed by atoms with Gasteiger partial charge >= 0.3 is 0 Å². The summed E-state index contributed by atoms with van der Waals surface area (Å²) in [5, 5.41) is 3.09. The van der Waals surface area contributed by atoms with Gasteiger partial charge in [-0.05, 0) is 12.8 Å². The van der Waals surface area contributed by atoms with E-state index in [1.165, 1.54) is 11.2 Å². The van der Waals surface area contributed by atoms with Gasteiger partial charge in [0.2, 0.25) is 5.91 Å². The maximum Gasteiger partial charge on any atom is 0.236 e. The molecule has 0 unspecified atom stereocenters. The Labute approximate surface area is 90.7 Å². The van der Waals surface area contributed by atoms with Crippen molar-refractivity contribution in [3.63, 3.8) is 0 Å². The summed E-state index contributed by atoms with van der Waals surface area (Å²) in [6, 6.07) is 0.497. The van der Waals surface area contributed by atoms with E-state index < -0.39 is 9.84 Å². The van der Waals surface area contributed by atoms with Crippen molar-refractivity contribution < 1.29 is 13.2 Å². The van der Waals surface area contributed by atoms with Crippen molar-refractivity contribution in [3.8, 4) is 0 Å². The molecule has 1 rings (SSSR count). The van der Waals surface area contributed by atoms with E-state index in [0.29, 0.717) is 12.6 Å². The predicted molar refractivity (Wildman–Crippen MR) is 58.4 cm³/mol. The summed E-state index contributed by atoms with van der Waals surface area (Å²) in [5.41, 5.74) is 0. The molecule has 0 aromatic heterocycles. The minimum absolute atomic E-state index is 0.0265. The van der Waals surface area contributed by atoms with Gasteiger partial charge in [-0.1, -0.05) is 0 Å². The highest BCUT2D eigenvalue weighted by molar-refractivity contribution is 7.90. The third-order valence-electron chi connectivity index (χ3n) is 2.34. The number of likely N-dealkylation sites (N-methyl/N-ethyl adjacent to an activating group) is 1. The molecule has 0 aromatic rings. The summed E-state index contributed by atoms with van der Waals surface area (Å²) in [6.45, 7) is 0.578. The molecule has 6 heteroatoms. The molecule has 0 radical (unpaired) electrons. The molecule has 0 aliphatic heterocycles. The molecule has 1 N–H and O–H groups in total. The van der Waals surface area contributed by atoms with Crippen LogP contribution in [0.15, 0.2) is 0 Å².